The molecule has 58 heavy (non-hydrogen) atoms. The Morgan fingerprint density at radius 1 is 0.862 bits per heavy atom. The Hall–Kier alpha value is -5.58. The third-order valence-electron chi connectivity index (χ3n) is 11.2. The molecule has 302 valence electrons. The van der Waals surface area contributed by atoms with E-state index in [4.69, 9.17) is 25.7 Å². The number of ketones is 2. The fourth-order valence-electron chi connectivity index (χ4n) is 8.31. The minimum absolute atomic E-state index is 0.0504. The largest absolute Gasteiger partial charge is 0.507 e. The van der Waals surface area contributed by atoms with Gasteiger partial charge in [-0.05, 0) is 59.2 Å². The second kappa shape index (κ2) is 16.7. The third kappa shape index (κ3) is 7.47. The molecule has 3 aliphatic rings. The van der Waals surface area contributed by atoms with Crippen LogP contribution in [0.25, 0.3) is 12.2 Å². The first kappa shape index (κ1) is 40.6. The van der Waals surface area contributed by atoms with Crippen LogP contribution in [0.1, 0.15) is 114 Å². The molecule has 1 heterocycles. The Morgan fingerprint density at radius 2 is 1.59 bits per heavy atom. The molecule has 7 rings (SSSR count). The van der Waals surface area contributed by atoms with Gasteiger partial charge in [-0.25, -0.2) is 0 Å². The minimum Gasteiger partial charge on any atom is -0.507 e. The molecule has 2 aliphatic carbocycles. The zero-order valence-corrected chi connectivity index (χ0v) is 31.5. The number of esters is 1. The number of aliphatic hydroxyl groups excluding tert-OH is 4. The van der Waals surface area contributed by atoms with Crippen molar-refractivity contribution in [2.24, 2.45) is 17.4 Å². The van der Waals surface area contributed by atoms with Crippen molar-refractivity contribution in [2.45, 2.75) is 82.5 Å². The second-order valence-corrected chi connectivity index (χ2v) is 14.8. The van der Waals surface area contributed by atoms with Crippen LogP contribution in [0.5, 0.6) is 17.2 Å². The van der Waals surface area contributed by atoms with Gasteiger partial charge in [0.15, 0.2) is 17.9 Å². The summed E-state index contributed by atoms with van der Waals surface area (Å²) in [5.41, 5.74) is 12.0. The SMILES string of the molecule is CC(=O)Oc1cc(CO)c2c(c1/C=C/c1ccccc1)C(=O)c1cc(O[C@H]3O[C@@H](C4CCCC4)[C@@H](O)[C@@H](O)[C@H]3O)c(Cc3cccc(C(N)N)c3C=O)c(O)c1C2=O. The summed E-state index contributed by atoms with van der Waals surface area (Å²) in [5.74, 6) is -3.58. The van der Waals surface area contributed by atoms with Crippen LogP contribution in [0, 0.1) is 5.92 Å². The normalized spacial score (nSPS) is 22.0. The number of phenolic OH excluding ortho intramolecular Hbond substituents is 1. The first-order valence-corrected chi connectivity index (χ1v) is 19.0. The third-order valence-corrected chi connectivity index (χ3v) is 11.2. The summed E-state index contributed by atoms with van der Waals surface area (Å²) in [6.45, 7) is 0.417. The van der Waals surface area contributed by atoms with Gasteiger partial charge in [-0.1, -0.05) is 67.4 Å². The number of fused-ring (bicyclic) bond motifs is 2. The van der Waals surface area contributed by atoms with E-state index in [0.29, 0.717) is 35.8 Å². The van der Waals surface area contributed by atoms with Gasteiger partial charge in [-0.3, -0.25) is 19.2 Å². The molecule has 2 fully saturated rings. The Bertz CT molecular complexity index is 2300. The van der Waals surface area contributed by atoms with Crippen LogP contribution >= 0.6 is 0 Å². The van der Waals surface area contributed by atoms with Gasteiger partial charge in [0.2, 0.25) is 6.29 Å². The maximum Gasteiger partial charge on any atom is 0.308 e. The van der Waals surface area contributed by atoms with E-state index in [0.717, 1.165) is 19.8 Å². The van der Waals surface area contributed by atoms with Crippen molar-refractivity contribution in [1.82, 2.24) is 0 Å². The minimum atomic E-state index is -1.80. The smallest absolute Gasteiger partial charge is 0.308 e. The molecule has 1 aliphatic heterocycles. The molecule has 4 aromatic rings. The number of rotatable bonds is 11. The first-order valence-electron chi connectivity index (χ1n) is 19.0. The number of aromatic hydroxyl groups is 1. The van der Waals surface area contributed by atoms with Crippen molar-refractivity contribution in [1.29, 1.82) is 0 Å². The van der Waals surface area contributed by atoms with Crippen LogP contribution in [0.3, 0.4) is 0 Å². The lowest BCUT2D eigenvalue weighted by Gasteiger charge is -2.42. The lowest BCUT2D eigenvalue weighted by atomic mass is 9.77. The van der Waals surface area contributed by atoms with Gasteiger partial charge in [0.1, 0.15) is 35.6 Å². The number of aliphatic hydroxyl groups is 4. The topological polar surface area (TPSA) is 249 Å². The van der Waals surface area contributed by atoms with Gasteiger partial charge >= 0.3 is 5.97 Å². The highest BCUT2D eigenvalue weighted by atomic mass is 16.7. The lowest BCUT2D eigenvalue weighted by Crippen LogP contribution is -2.60. The Morgan fingerprint density at radius 3 is 2.24 bits per heavy atom. The molecule has 9 N–H and O–H groups in total. The molecule has 5 atom stereocenters. The lowest BCUT2D eigenvalue weighted by molar-refractivity contribution is -0.282. The van der Waals surface area contributed by atoms with Crippen LogP contribution in [0.4, 0.5) is 0 Å². The Kier molecular flexibility index (Phi) is 11.7. The van der Waals surface area contributed by atoms with E-state index in [2.05, 4.69) is 0 Å². The number of ether oxygens (including phenoxy) is 3. The van der Waals surface area contributed by atoms with Crippen molar-refractivity contribution in [2.75, 3.05) is 0 Å². The number of aldehydes is 1. The summed E-state index contributed by atoms with van der Waals surface area (Å²) >= 11 is 0. The number of benzene rings is 4. The molecule has 1 saturated heterocycles. The van der Waals surface area contributed by atoms with E-state index in [9.17, 15) is 44.7 Å². The quantitative estimate of drug-likeness (QED) is 0.0333. The summed E-state index contributed by atoms with van der Waals surface area (Å²) in [6, 6.07) is 16.2. The molecule has 0 unspecified atom stereocenters. The molecule has 0 radical (unpaired) electrons. The van der Waals surface area contributed by atoms with E-state index in [1.165, 1.54) is 18.2 Å². The number of phenols is 1. The van der Waals surface area contributed by atoms with Crippen LogP contribution < -0.4 is 20.9 Å². The van der Waals surface area contributed by atoms with Gasteiger partial charge in [-0.15, -0.1) is 0 Å². The van der Waals surface area contributed by atoms with Crippen LogP contribution in [-0.2, 0) is 22.6 Å². The monoisotopic (exact) mass is 792 g/mol. The molecular formula is C44H44N2O12. The average Bonchev–Trinajstić information content (AvgIpc) is 3.75. The van der Waals surface area contributed by atoms with Crippen molar-refractivity contribution in [3.63, 3.8) is 0 Å². The molecule has 0 spiro atoms. The van der Waals surface area contributed by atoms with Crippen molar-refractivity contribution in [3.8, 4) is 17.2 Å². The van der Waals surface area contributed by atoms with Crippen molar-refractivity contribution < 1.29 is 58.9 Å². The second-order valence-electron chi connectivity index (χ2n) is 14.8. The highest BCUT2D eigenvalue weighted by Gasteiger charge is 2.49. The van der Waals surface area contributed by atoms with Crippen molar-refractivity contribution >= 4 is 36.0 Å². The van der Waals surface area contributed by atoms with Gasteiger partial charge < -0.3 is 51.2 Å². The van der Waals surface area contributed by atoms with Gasteiger partial charge in [-0.2, -0.15) is 0 Å². The summed E-state index contributed by atoms with van der Waals surface area (Å²) in [4.78, 5) is 54.3. The summed E-state index contributed by atoms with van der Waals surface area (Å²) < 4.78 is 17.9. The Balaban J connectivity index is 1.43. The van der Waals surface area contributed by atoms with Crippen LogP contribution in [0.15, 0.2) is 60.7 Å². The van der Waals surface area contributed by atoms with Crippen LogP contribution in [0.2, 0.25) is 0 Å². The number of nitrogens with two attached hydrogens (primary N) is 2. The summed E-state index contributed by atoms with van der Waals surface area (Å²) in [5, 5.41) is 55.8. The molecule has 1 saturated carbocycles. The summed E-state index contributed by atoms with van der Waals surface area (Å²) in [7, 11) is 0. The maximum absolute atomic E-state index is 14.9. The highest BCUT2D eigenvalue weighted by molar-refractivity contribution is 6.31. The van der Waals surface area contributed by atoms with E-state index >= 15 is 0 Å². The standard InChI is InChI=1S/C44H44N2O12/c1-21(49)56-31-17-25(19-47)33-34(27(31)15-14-22-8-3-2-4-9-22)37(51)29-18-32(57-44-41(55)39(53)40(54)42(58-44)23-10-5-6-11-23)28(36(50)35(29)38(33)52)16-24-12-7-13-26(43(45)46)30(24)20-48/h2-4,7-9,12-15,17-18,20,23,39-44,47,50,53-55H,5-6,10-11,16,19,45-46H2,1H3/b15-14+/t39-,40+,41-,42+,44+/m1/s1. The average molecular weight is 793 g/mol. The van der Waals surface area contributed by atoms with E-state index in [1.54, 1.807) is 48.5 Å². The predicted octanol–water partition coefficient (Wildman–Crippen LogP) is 3.45. The fraction of sp³-hybridized carbons (Fsp3) is 0.318. The highest BCUT2D eigenvalue weighted by Crippen LogP contribution is 2.46. The Labute approximate surface area is 333 Å². The molecule has 14 heteroatoms. The molecule has 0 bridgehead atoms. The number of hydrogen-bond acceptors (Lipinski definition) is 14. The van der Waals surface area contributed by atoms with Crippen LogP contribution in [-0.4, -0.2) is 80.1 Å². The van der Waals surface area contributed by atoms with Gasteiger partial charge in [0.05, 0.1) is 24.4 Å². The first-order chi connectivity index (χ1) is 27.8. The van der Waals surface area contributed by atoms with Crippen molar-refractivity contribution in [3.05, 3.63) is 122 Å². The number of carbonyl (C=O) groups is 4. The van der Waals surface area contributed by atoms with E-state index < -0.39 is 72.3 Å². The molecule has 4 aromatic carbocycles. The fourth-order valence-corrected chi connectivity index (χ4v) is 8.31. The summed E-state index contributed by atoms with van der Waals surface area (Å²) in [6.07, 6.45) is -1.92. The van der Waals surface area contributed by atoms with E-state index in [1.807, 2.05) is 6.07 Å². The van der Waals surface area contributed by atoms with E-state index in [-0.39, 0.29) is 62.8 Å². The van der Waals surface area contributed by atoms with Gasteiger partial charge in [0.25, 0.3) is 0 Å². The predicted molar refractivity (Wildman–Crippen MR) is 209 cm³/mol. The van der Waals surface area contributed by atoms with Gasteiger partial charge in [0, 0.05) is 46.7 Å². The zero-order valence-electron chi connectivity index (χ0n) is 31.5. The molecular weight excluding hydrogens is 748 g/mol. The zero-order chi connectivity index (χ0) is 41.4. The number of carbonyl (C=O) groups excluding carboxylic acids is 4. The molecule has 0 aromatic heterocycles. The number of hydrogen-bond donors (Lipinski definition) is 7. The maximum atomic E-state index is 14.9. The molecule has 0 amide bonds. The molecule has 14 nitrogen and oxygen atoms in total.